The topological polar surface area (TPSA) is 102 Å². The monoisotopic (exact) mass is 1250 g/mol. The predicted molar refractivity (Wildman–Crippen MR) is 385 cm³/mol. The lowest BCUT2D eigenvalue weighted by Gasteiger charge is -2.30. The number of rotatable bonds is 19. The van der Waals surface area contributed by atoms with Crippen LogP contribution in [0.5, 0.6) is 0 Å². The number of carboxylic acids is 1. The van der Waals surface area contributed by atoms with Crippen molar-refractivity contribution in [2.75, 3.05) is 19.6 Å². The molecule has 1 N–H and O–H groups in total. The van der Waals surface area contributed by atoms with E-state index in [-0.39, 0.29) is 5.70 Å². The van der Waals surface area contributed by atoms with Crippen LogP contribution in [-0.4, -0.2) is 11.1 Å². The van der Waals surface area contributed by atoms with Gasteiger partial charge in [0.1, 0.15) is 0 Å². The van der Waals surface area contributed by atoms with Crippen LogP contribution in [0.15, 0.2) is 272 Å². The van der Waals surface area contributed by atoms with E-state index in [2.05, 4.69) is 294 Å². The number of nitriles is 2. The standard InChI is InChI=1S/C80H59N7O2S3/c1-54-10-6-13-70(48-54)85(61-23-17-58(18-24-61)77-44-41-73(90-77)16-9-47-81)67-35-29-64(30-36-67)84(65-31-37-68(38-32-65)86(71-14-7-11-55(2)49-71)62-25-19-59(20-26-62)78-45-42-74(91-78)51-57(4)53-82)66-33-39-69(40-34-66)87(72-15-8-12-56(3)50-72)63-27-21-60(22-28-63)79-46-43-75(92-79)52-76(83-5)80(88)89/h6-46,48-52H,1-4H3,(H,88,89)/b16-9-,57-51+,76-52+. The molecule has 0 saturated heterocycles. The van der Waals surface area contributed by atoms with Crippen LogP contribution in [0.1, 0.15) is 38.2 Å². The van der Waals surface area contributed by atoms with Gasteiger partial charge in [0.25, 0.3) is 5.70 Å². The first-order chi connectivity index (χ1) is 44.9. The van der Waals surface area contributed by atoms with Crippen molar-refractivity contribution in [2.24, 2.45) is 0 Å². The number of aryl methyl sites for hydroxylation is 3. The molecule has 0 amide bonds. The average molecular weight is 1250 g/mol. The minimum Gasteiger partial charge on any atom is -0.486 e. The van der Waals surface area contributed by atoms with Gasteiger partial charge < -0.3 is 24.7 Å². The summed E-state index contributed by atoms with van der Waals surface area (Å²) in [6, 6.07) is 94.0. The van der Waals surface area contributed by atoms with E-state index >= 15 is 0 Å². The van der Waals surface area contributed by atoms with E-state index in [4.69, 9.17) is 11.8 Å². The molecule has 9 aromatic carbocycles. The molecule has 92 heavy (non-hydrogen) atoms. The van der Waals surface area contributed by atoms with Gasteiger partial charge in [-0.2, -0.15) is 10.5 Å². The van der Waals surface area contributed by atoms with Crippen LogP contribution in [-0.2, 0) is 4.79 Å². The van der Waals surface area contributed by atoms with Crippen molar-refractivity contribution in [2.45, 2.75) is 27.7 Å². The summed E-state index contributed by atoms with van der Waals surface area (Å²) in [5.41, 5.74) is 18.8. The quantitative estimate of drug-likeness (QED) is 0.0485. The summed E-state index contributed by atoms with van der Waals surface area (Å²) >= 11 is 4.76. The second kappa shape index (κ2) is 27.4. The molecule has 444 valence electrons. The zero-order valence-electron chi connectivity index (χ0n) is 50.8. The highest BCUT2D eigenvalue weighted by Gasteiger charge is 2.21. The Bertz CT molecular complexity index is 4860. The normalized spacial score (nSPS) is 11.4. The number of thiophene rings is 3. The predicted octanol–water partition coefficient (Wildman–Crippen LogP) is 23.5. The summed E-state index contributed by atoms with van der Waals surface area (Å²) in [7, 11) is 0. The highest BCUT2D eigenvalue weighted by atomic mass is 32.1. The van der Waals surface area contributed by atoms with E-state index in [1.54, 1.807) is 22.7 Å². The van der Waals surface area contributed by atoms with E-state index in [1.165, 1.54) is 23.5 Å². The van der Waals surface area contributed by atoms with E-state index in [0.717, 1.165) is 126 Å². The lowest BCUT2D eigenvalue weighted by molar-refractivity contribution is -0.132. The Kier molecular flexibility index (Phi) is 18.1. The molecule has 0 aliphatic carbocycles. The Morgan fingerprint density at radius 3 is 1.00 bits per heavy atom. The van der Waals surface area contributed by atoms with Gasteiger partial charge in [-0.3, -0.25) is 4.79 Å². The molecule has 12 heteroatoms. The van der Waals surface area contributed by atoms with Crippen LogP contribution < -0.4 is 19.6 Å². The molecule has 12 aromatic rings. The van der Waals surface area contributed by atoms with Crippen molar-refractivity contribution in [1.82, 2.24) is 0 Å². The molecule has 0 aliphatic heterocycles. The van der Waals surface area contributed by atoms with Crippen molar-refractivity contribution in [3.63, 3.8) is 0 Å². The third-order valence-electron chi connectivity index (χ3n) is 15.5. The van der Waals surface area contributed by atoms with Crippen LogP contribution in [0.25, 0.3) is 54.4 Å². The number of aliphatic carboxylic acids is 1. The van der Waals surface area contributed by atoms with E-state index in [1.807, 2.05) is 37.3 Å². The first kappa shape index (κ1) is 60.7. The average Bonchev–Trinajstić information content (AvgIpc) is 2.13. The van der Waals surface area contributed by atoms with Crippen molar-refractivity contribution < 1.29 is 9.90 Å². The summed E-state index contributed by atoms with van der Waals surface area (Å²) < 4.78 is 0. The Morgan fingerprint density at radius 2 is 0.707 bits per heavy atom. The Balaban J connectivity index is 0.924. The van der Waals surface area contributed by atoms with Crippen LogP contribution in [0, 0.1) is 50.0 Å². The summed E-state index contributed by atoms with van der Waals surface area (Å²) in [5, 5.41) is 28.0. The molecule has 0 atom stereocenters. The second-order valence-corrected chi connectivity index (χ2v) is 25.3. The van der Waals surface area contributed by atoms with E-state index in [0.29, 0.717) is 10.5 Å². The van der Waals surface area contributed by atoms with Gasteiger partial charge in [0.15, 0.2) is 0 Å². The zero-order valence-corrected chi connectivity index (χ0v) is 53.2. The number of nitrogens with zero attached hydrogens (tertiary/aromatic N) is 7. The lowest BCUT2D eigenvalue weighted by atomic mass is 10.1. The van der Waals surface area contributed by atoms with Gasteiger partial charge in [0.05, 0.1) is 18.7 Å². The van der Waals surface area contributed by atoms with Crippen LogP contribution in [0.4, 0.5) is 68.2 Å². The largest absolute Gasteiger partial charge is 0.486 e. The Labute approximate surface area is 548 Å². The van der Waals surface area contributed by atoms with Crippen LogP contribution >= 0.6 is 34.0 Å². The molecule has 0 unspecified atom stereocenters. The first-order valence-electron chi connectivity index (χ1n) is 29.7. The minimum absolute atomic E-state index is 0.323. The zero-order chi connectivity index (χ0) is 63.7. The summed E-state index contributed by atoms with van der Waals surface area (Å²) in [5.74, 6) is -1.25. The van der Waals surface area contributed by atoms with Gasteiger partial charge in [-0.1, -0.05) is 72.8 Å². The second-order valence-electron chi connectivity index (χ2n) is 22.0. The third-order valence-corrected chi connectivity index (χ3v) is 18.7. The van der Waals surface area contributed by atoms with Gasteiger partial charge in [-0.25, -0.2) is 4.85 Å². The Hall–Kier alpha value is -11.6. The molecule has 12 rings (SSSR count). The summed E-state index contributed by atoms with van der Waals surface area (Å²) in [6.45, 7) is 15.5. The van der Waals surface area contributed by atoms with Crippen LogP contribution in [0.2, 0.25) is 0 Å². The maximum atomic E-state index is 11.6. The van der Waals surface area contributed by atoms with Crippen molar-refractivity contribution in [1.29, 1.82) is 10.5 Å². The van der Waals surface area contributed by atoms with Gasteiger partial charge in [0.2, 0.25) is 0 Å². The molecule has 0 radical (unpaired) electrons. The maximum Gasteiger partial charge on any atom is 0.333 e. The minimum atomic E-state index is -1.25. The van der Waals surface area contributed by atoms with Crippen molar-refractivity contribution >= 4 is 126 Å². The molecule has 0 spiro atoms. The van der Waals surface area contributed by atoms with E-state index in [9.17, 15) is 15.2 Å². The molecule has 3 aromatic heterocycles. The molecular weight excluding hydrogens is 1190 g/mol. The summed E-state index contributed by atoms with van der Waals surface area (Å²) in [4.78, 5) is 29.9. The van der Waals surface area contributed by atoms with Gasteiger partial charge in [0, 0.05) is 109 Å². The molecule has 0 saturated carbocycles. The van der Waals surface area contributed by atoms with Crippen molar-refractivity contribution in [3.8, 4) is 43.5 Å². The van der Waals surface area contributed by atoms with E-state index < -0.39 is 5.97 Å². The highest BCUT2D eigenvalue weighted by molar-refractivity contribution is 7.17. The third kappa shape index (κ3) is 13.7. The fraction of sp³-hybridized carbons (Fsp3) is 0.0500. The number of anilines is 12. The number of carbonyl (C=O) groups is 1. The van der Waals surface area contributed by atoms with Gasteiger partial charge >= 0.3 is 5.97 Å². The van der Waals surface area contributed by atoms with Crippen LogP contribution in [0.3, 0.4) is 0 Å². The Morgan fingerprint density at radius 1 is 0.413 bits per heavy atom. The number of carboxylic acid groups (broad SMARTS) is 1. The number of allylic oxidation sites excluding steroid dienone is 2. The number of hydrogen-bond acceptors (Lipinski definition) is 10. The molecular formula is C80H59N7O2S3. The molecule has 0 bridgehead atoms. The fourth-order valence-electron chi connectivity index (χ4n) is 11.1. The van der Waals surface area contributed by atoms with Crippen molar-refractivity contribution in [3.05, 3.63) is 315 Å². The lowest BCUT2D eigenvalue weighted by Crippen LogP contribution is -2.14. The smallest absolute Gasteiger partial charge is 0.333 e. The van der Waals surface area contributed by atoms with Gasteiger partial charge in [-0.05, 0) is 261 Å². The number of benzene rings is 9. The first-order valence-corrected chi connectivity index (χ1v) is 32.1. The molecule has 9 nitrogen and oxygen atoms in total. The maximum absolute atomic E-state index is 11.6. The highest BCUT2D eigenvalue weighted by Crippen LogP contribution is 2.45. The fourth-order valence-corrected chi connectivity index (χ4v) is 14.0. The SMILES string of the molecule is [C-]#[N+]/C(=C/c1ccc(-c2ccc(N(c3ccc(N(c4ccc(N(c5ccc(-c6ccc(/C=C\C#N)s6)cc5)c5cccc(C)c5)cc4)c4ccc(N(c5ccc(-c6ccc(/C=C(\C)C#N)s6)cc5)c5cccc(C)c5)cc4)cc3)c3cccc(C)c3)cc2)s1)C(=O)O. The molecule has 0 aliphatic rings. The van der Waals surface area contributed by atoms with Gasteiger partial charge in [-0.15, -0.1) is 34.0 Å². The summed E-state index contributed by atoms with van der Waals surface area (Å²) in [6.07, 6.45) is 6.69. The number of hydrogen-bond donors (Lipinski definition) is 1. The molecule has 3 heterocycles. The molecule has 0 fully saturated rings.